The van der Waals surface area contributed by atoms with E-state index in [4.69, 9.17) is 16.3 Å². The van der Waals surface area contributed by atoms with Crippen molar-refractivity contribution in [1.29, 1.82) is 0 Å². The molecule has 18 heavy (non-hydrogen) atoms. The summed E-state index contributed by atoms with van der Waals surface area (Å²) in [7, 11) is 1.65. The highest BCUT2D eigenvalue weighted by atomic mass is 35.5. The third-order valence-electron chi connectivity index (χ3n) is 3.40. The Balaban J connectivity index is 2.10. The van der Waals surface area contributed by atoms with Crippen LogP contribution < -0.4 is 0 Å². The summed E-state index contributed by atoms with van der Waals surface area (Å²) in [4.78, 5) is 2.13. The summed E-state index contributed by atoms with van der Waals surface area (Å²) < 4.78 is 18.1. The molecular formula is C13H17ClFNO2. The van der Waals surface area contributed by atoms with Gasteiger partial charge in [0.15, 0.2) is 0 Å². The minimum absolute atomic E-state index is 0.0521. The summed E-state index contributed by atoms with van der Waals surface area (Å²) in [5.41, 5.74) is -0.265. The van der Waals surface area contributed by atoms with Crippen molar-refractivity contribution < 1.29 is 14.2 Å². The van der Waals surface area contributed by atoms with Crippen LogP contribution in [0.5, 0.6) is 0 Å². The van der Waals surface area contributed by atoms with Crippen LogP contribution >= 0.6 is 11.6 Å². The number of hydrogen-bond acceptors (Lipinski definition) is 3. The minimum atomic E-state index is -0.939. The summed E-state index contributed by atoms with van der Waals surface area (Å²) in [5.74, 6) is -0.460. The number of aliphatic hydroxyl groups is 1. The Labute approximate surface area is 111 Å². The van der Waals surface area contributed by atoms with Gasteiger partial charge in [0, 0.05) is 26.7 Å². The zero-order valence-electron chi connectivity index (χ0n) is 10.3. The summed E-state index contributed by atoms with van der Waals surface area (Å²) in [5, 5.41) is 10.6. The van der Waals surface area contributed by atoms with Crippen molar-refractivity contribution in [2.24, 2.45) is 0 Å². The molecule has 0 spiro atoms. The third-order valence-corrected chi connectivity index (χ3v) is 3.69. The van der Waals surface area contributed by atoms with E-state index in [9.17, 15) is 9.50 Å². The van der Waals surface area contributed by atoms with Crippen LogP contribution in [0.4, 0.5) is 4.39 Å². The third kappa shape index (κ3) is 2.83. The van der Waals surface area contributed by atoms with Gasteiger partial charge in [0.1, 0.15) is 11.4 Å². The normalized spacial score (nSPS) is 24.7. The predicted octanol–water partition coefficient (Wildman–Crippen LogP) is 2.02. The Morgan fingerprint density at radius 2 is 2.33 bits per heavy atom. The molecule has 0 amide bonds. The lowest BCUT2D eigenvalue weighted by molar-refractivity contribution is 0.0428. The molecule has 1 saturated heterocycles. The number of halogens is 2. The Morgan fingerprint density at radius 3 is 3.00 bits per heavy atom. The van der Waals surface area contributed by atoms with Crippen LogP contribution in [0.15, 0.2) is 18.2 Å². The molecule has 2 rings (SSSR count). The Bertz CT molecular complexity index is 429. The fourth-order valence-corrected chi connectivity index (χ4v) is 2.48. The highest BCUT2D eigenvalue weighted by molar-refractivity contribution is 6.30. The van der Waals surface area contributed by atoms with Crippen LogP contribution in [0, 0.1) is 5.82 Å². The first-order chi connectivity index (χ1) is 8.55. The van der Waals surface area contributed by atoms with Gasteiger partial charge in [-0.1, -0.05) is 17.7 Å². The molecule has 100 valence electrons. The average Bonchev–Trinajstić information content (AvgIpc) is 2.73. The fourth-order valence-electron chi connectivity index (χ4n) is 2.30. The van der Waals surface area contributed by atoms with E-state index in [0.29, 0.717) is 25.1 Å². The van der Waals surface area contributed by atoms with Crippen LogP contribution in [-0.4, -0.2) is 43.4 Å². The van der Waals surface area contributed by atoms with Crippen molar-refractivity contribution in [3.63, 3.8) is 0 Å². The number of nitrogens with zero attached hydrogens (tertiary/aromatic N) is 1. The fraction of sp³-hybridized carbons (Fsp3) is 0.538. The molecule has 3 nitrogen and oxygen atoms in total. The average molecular weight is 274 g/mol. The van der Waals surface area contributed by atoms with Gasteiger partial charge in [-0.25, -0.2) is 4.39 Å². The van der Waals surface area contributed by atoms with Crippen molar-refractivity contribution in [2.45, 2.75) is 12.0 Å². The zero-order valence-corrected chi connectivity index (χ0v) is 11.1. The first kappa shape index (κ1) is 13.7. The molecule has 0 radical (unpaired) electrons. The van der Waals surface area contributed by atoms with Crippen molar-refractivity contribution in [1.82, 2.24) is 4.90 Å². The van der Waals surface area contributed by atoms with Crippen molar-refractivity contribution in [3.8, 4) is 0 Å². The minimum Gasteiger partial charge on any atom is -0.384 e. The molecule has 1 aromatic carbocycles. The first-order valence-corrected chi connectivity index (χ1v) is 6.32. The van der Waals surface area contributed by atoms with Crippen molar-refractivity contribution >= 4 is 11.6 Å². The first-order valence-electron chi connectivity index (χ1n) is 5.94. The van der Waals surface area contributed by atoms with Crippen LogP contribution in [0.2, 0.25) is 5.02 Å². The second kappa shape index (κ2) is 5.53. The van der Waals surface area contributed by atoms with Crippen LogP contribution in [0.3, 0.4) is 0 Å². The molecule has 0 bridgehead atoms. The number of benzene rings is 1. The van der Waals surface area contributed by atoms with E-state index < -0.39 is 11.4 Å². The maximum atomic E-state index is 13.1. The monoisotopic (exact) mass is 273 g/mol. The molecule has 0 aliphatic carbocycles. The van der Waals surface area contributed by atoms with Gasteiger partial charge in [0.2, 0.25) is 0 Å². The topological polar surface area (TPSA) is 32.7 Å². The quantitative estimate of drug-likeness (QED) is 0.911. The molecule has 1 aliphatic heterocycles. The molecule has 1 atom stereocenters. The standard InChI is InChI=1S/C13H17ClFNO2/c1-18-7-6-16-5-4-13(17,9-16)10-2-3-12(15)11(14)8-10/h2-3,8,17H,4-7,9H2,1H3. The zero-order chi connectivity index (χ0) is 13.2. The number of hydrogen-bond donors (Lipinski definition) is 1. The number of rotatable bonds is 4. The molecule has 1 heterocycles. The van der Waals surface area contributed by atoms with Gasteiger partial charge in [-0.05, 0) is 24.1 Å². The highest BCUT2D eigenvalue weighted by Gasteiger charge is 2.37. The molecule has 1 aliphatic rings. The maximum Gasteiger partial charge on any atom is 0.141 e. The van der Waals surface area contributed by atoms with Gasteiger partial charge in [-0.15, -0.1) is 0 Å². The van der Waals surface area contributed by atoms with E-state index in [1.54, 1.807) is 13.2 Å². The molecule has 0 aromatic heterocycles. The Morgan fingerprint density at radius 1 is 1.56 bits per heavy atom. The Kier molecular flexibility index (Phi) is 4.22. The maximum absolute atomic E-state index is 13.1. The second-order valence-corrected chi connectivity index (χ2v) is 5.09. The van der Waals surface area contributed by atoms with Gasteiger partial charge in [-0.2, -0.15) is 0 Å². The van der Waals surface area contributed by atoms with E-state index in [0.717, 1.165) is 13.1 Å². The number of β-amino-alcohol motifs (C(OH)–C–C–N with tert-alkyl or cyclic N) is 1. The summed E-state index contributed by atoms with van der Waals surface area (Å²) in [6, 6.07) is 4.41. The van der Waals surface area contributed by atoms with Gasteiger partial charge < -0.3 is 9.84 Å². The SMILES string of the molecule is COCCN1CCC(O)(c2ccc(F)c(Cl)c2)C1. The van der Waals surface area contributed by atoms with E-state index in [2.05, 4.69) is 4.90 Å². The molecule has 1 aromatic rings. The van der Waals surface area contributed by atoms with Crippen LogP contribution in [0.25, 0.3) is 0 Å². The van der Waals surface area contributed by atoms with Gasteiger partial charge in [0.25, 0.3) is 0 Å². The predicted molar refractivity (Wildman–Crippen MR) is 68.2 cm³/mol. The molecule has 0 saturated carbocycles. The van der Waals surface area contributed by atoms with Crippen LogP contribution in [-0.2, 0) is 10.3 Å². The highest BCUT2D eigenvalue weighted by Crippen LogP contribution is 2.33. The van der Waals surface area contributed by atoms with E-state index in [1.165, 1.54) is 12.1 Å². The Hall–Kier alpha value is -0.680. The van der Waals surface area contributed by atoms with Crippen LogP contribution in [0.1, 0.15) is 12.0 Å². The molecule has 1 fully saturated rings. The van der Waals surface area contributed by atoms with E-state index >= 15 is 0 Å². The lowest BCUT2D eigenvalue weighted by Crippen LogP contribution is -2.32. The molecule has 1 unspecified atom stereocenters. The van der Waals surface area contributed by atoms with Crippen molar-refractivity contribution in [2.75, 3.05) is 33.4 Å². The van der Waals surface area contributed by atoms with E-state index in [-0.39, 0.29) is 5.02 Å². The number of ether oxygens (including phenoxy) is 1. The summed E-state index contributed by atoms with van der Waals surface area (Å²) >= 11 is 5.75. The molecule has 5 heteroatoms. The van der Waals surface area contributed by atoms with Gasteiger partial charge in [-0.3, -0.25) is 4.90 Å². The second-order valence-electron chi connectivity index (χ2n) is 4.68. The number of methoxy groups -OCH3 is 1. The van der Waals surface area contributed by atoms with E-state index in [1.807, 2.05) is 0 Å². The van der Waals surface area contributed by atoms with Gasteiger partial charge in [0.05, 0.1) is 11.6 Å². The largest absolute Gasteiger partial charge is 0.384 e. The van der Waals surface area contributed by atoms with Crippen molar-refractivity contribution in [3.05, 3.63) is 34.6 Å². The summed E-state index contributed by atoms with van der Waals surface area (Å²) in [6.45, 7) is 2.75. The lowest BCUT2D eigenvalue weighted by Gasteiger charge is -2.24. The number of likely N-dealkylation sites (tertiary alicyclic amines) is 1. The summed E-state index contributed by atoms with van der Waals surface area (Å²) in [6.07, 6.45) is 0.624. The van der Waals surface area contributed by atoms with Gasteiger partial charge >= 0.3 is 0 Å². The molecular weight excluding hydrogens is 257 g/mol. The smallest absolute Gasteiger partial charge is 0.141 e. The molecule has 1 N–H and O–H groups in total. The lowest BCUT2D eigenvalue weighted by atomic mass is 9.93.